The molecule has 1 N–H and O–H groups in total. The molecule has 1 aromatic rings. The molecular weight excluding hydrogens is 332 g/mol. The van der Waals surface area contributed by atoms with Gasteiger partial charge in [-0.2, -0.15) is 0 Å². The molecule has 5 nitrogen and oxygen atoms in total. The molecule has 1 aliphatic carbocycles. The quantitative estimate of drug-likeness (QED) is 0.854. The molecule has 7 heteroatoms. The molecule has 25 heavy (non-hydrogen) atoms. The number of carbonyl (C=O) groups excluding carboxylic acids is 1. The average molecular weight is 353 g/mol. The molecule has 1 saturated heterocycles. The first-order valence-corrected chi connectivity index (χ1v) is 8.43. The summed E-state index contributed by atoms with van der Waals surface area (Å²) in [5.74, 6) is -3.16. The van der Waals surface area contributed by atoms with Crippen LogP contribution in [0, 0.1) is 23.0 Å². The van der Waals surface area contributed by atoms with Crippen molar-refractivity contribution in [3.8, 4) is 0 Å². The second-order valence-electron chi connectivity index (χ2n) is 6.88. The summed E-state index contributed by atoms with van der Waals surface area (Å²) in [6.07, 6.45) is 2.28. The van der Waals surface area contributed by atoms with Crippen LogP contribution in [0.4, 0.5) is 8.78 Å². The fraction of sp³-hybridized carbons (Fsp3) is 0.556. The zero-order valence-corrected chi connectivity index (χ0v) is 13.8. The number of halogens is 2. The maximum Gasteiger partial charge on any atom is 0.305 e. The lowest BCUT2D eigenvalue weighted by Gasteiger charge is -2.26. The van der Waals surface area contributed by atoms with Crippen LogP contribution >= 0.6 is 0 Å². The minimum absolute atomic E-state index is 0.0230. The van der Waals surface area contributed by atoms with Crippen LogP contribution in [0.2, 0.25) is 0 Å². The topological polar surface area (TPSA) is 66.8 Å². The molecule has 136 valence electrons. The van der Waals surface area contributed by atoms with Gasteiger partial charge >= 0.3 is 5.97 Å². The first-order chi connectivity index (χ1) is 11.9. The Labute approximate surface area is 144 Å². The number of aliphatic carboxylic acids is 1. The van der Waals surface area contributed by atoms with Crippen LogP contribution in [0.15, 0.2) is 18.2 Å². The van der Waals surface area contributed by atoms with Crippen molar-refractivity contribution in [2.24, 2.45) is 11.3 Å². The summed E-state index contributed by atoms with van der Waals surface area (Å²) in [5, 5.41) is 8.92. The van der Waals surface area contributed by atoms with Gasteiger partial charge in [-0.1, -0.05) is 6.07 Å². The first-order valence-electron chi connectivity index (χ1n) is 8.43. The third-order valence-electron chi connectivity index (χ3n) is 5.24. The highest BCUT2D eigenvalue weighted by atomic mass is 19.2. The van der Waals surface area contributed by atoms with Crippen molar-refractivity contribution in [2.75, 3.05) is 19.8 Å². The number of ether oxygens (including phenoxy) is 1. The van der Waals surface area contributed by atoms with Crippen molar-refractivity contribution in [1.29, 1.82) is 0 Å². The third-order valence-corrected chi connectivity index (χ3v) is 5.24. The lowest BCUT2D eigenvalue weighted by atomic mass is 9.93. The zero-order valence-electron chi connectivity index (χ0n) is 13.8. The maximum absolute atomic E-state index is 13.4. The number of rotatable bonds is 6. The Morgan fingerprint density at radius 3 is 2.60 bits per heavy atom. The standard InChI is InChI=1S/C18H21F2NO4/c19-14-2-1-12(9-15(14)20)11-21(6-3-16(22)23)17(24)13-10-18(13)4-7-25-8-5-18/h1-2,9,13H,3-8,10-11H2,(H,22,23). The van der Waals surface area contributed by atoms with Gasteiger partial charge in [-0.3, -0.25) is 9.59 Å². The molecule has 1 aromatic carbocycles. The number of amides is 1. The van der Waals surface area contributed by atoms with Crippen LogP contribution in [0.3, 0.4) is 0 Å². The minimum atomic E-state index is -1.00. The summed E-state index contributed by atoms with van der Waals surface area (Å²) in [6.45, 7) is 1.41. The highest BCUT2D eigenvalue weighted by molar-refractivity contribution is 5.83. The molecule has 1 heterocycles. The van der Waals surface area contributed by atoms with Crippen molar-refractivity contribution >= 4 is 11.9 Å². The first kappa shape index (κ1) is 17.8. The van der Waals surface area contributed by atoms with Gasteiger partial charge in [-0.05, 0) is 42.4 Å². The number of benzene rings is 1. The largest absolute Gasteiger partial charge is 0.481 e. The summed E-state index contributed by atoms with van der Waals surface area (Å²) in [7, 11) is 0. The molecule has 1 amide bonds. The van der Waals surface area contributed by atoms with Gasteiger partial charge in [0.1, 0.15) is 0 Å². The Balaban J connectivity index is 1.71. The summed E-state index contributed by atoms with van der Waals surface area (Å²) < 4.78 is 31.8. The number of nitrogens with zero attached hydrogens (tertiary/aromatic N) is 1. The van der Waals surface area contributed by atoms with Gasteiger partial charge in [0, 0.05) is 32.2 Å². The Morgan fingerprint density at radius 2 is 1.96 bits per heavy atom. The number of hydrogen-bond donors (Lipinski definition) is 1. The molecule has 1 atom stereocenters. The Kier molecular flexibility index (Phi) is 5.03. The van der Waals surface area contributed by atoms with E-state index in [-0.39, 0.29) is 36.8 Å². The average Bonchev–Trinajstić information content (AvgIpc) is 3.27. The minimum Gasteiger partial charge on any atom is -0.481 e. The lowest BCUT2D eigenvalue weighted by molar-refractivity contribution is -0.139. The lowest BCUT2D eigenvalue weighted by Crippen LogP contribution is -2.36. The molecule has 0 bridgehead atoms. The maximum atomic E-state index is 13.4. The Morgan fingerprint density at radius 1 is 1.24 bits per heavy atom. The van der Waals surface area contributed by atoms with Crippen LogP contribution in [0.5, 0.6) is 0 Å². The molecule has 1 spiro atoms. The van der Waals surface area contributed by atoms with E-state index in [1.807, 2.05) is 0 Å². The van der Waals surface area contributed by atoms with Gasteiger partial charge in [0.2, 0.25) is 5.91 Å². The molecule has 1 saturated carbocycles. The fourth-order valence-corrected chi connectivity index (χ4v) is 3.60. The van der Waals surface area contributed by atoms with E-state index in [1.165, 1.54) is 11.0 Å². The number of carboxylic acids is 1. The van der Waals surface area contributed by atoms with Crippen LogP contribution in [0.25, 0.3) is 0 Å². The highest BCUT2D eigenvalue weighted by Crippen LogP contribution is 2.59. The number of hydrogen-bond acceptors (Lipinski definition) is 3. The second-order valence-corrected chi connectivity index (χ2v) is 6.88. The Bertz CT molecular complexity index is 673. The predicted octanol–water partition coefficient (Wildman–Crippen LogP) is 2.58. The van der Waals surface area contributed by atoms with Gasteiger partial charge in [-0.25, -0.2) is 8.78 Å². The van der Waals surface area contributed by atoms with Crippen LogP contribution in [0.1, 0.15) is 31.2 Å². The van der Waals surface area contributed by atoms with Crippen molar-refractivity contribution in [3.63, 3.8) is 0 Å². The number of carbonyl (C=O) groups is 2. The highest BCUT2D eigenvalue weighted by Gasteiger charge is 2.58. The summed E-state index contributed by atoms with van der Waals surface area (Å²) in [4.78, 5) is 25.2. The third kappa shape index (κ3) is 3.98. The van der Waals surface area contributed by atoms with Crippen LogP contribution < -0.4 is 0 Å². The monoisotopic (exact) mass is 353 g/mol. The predicted molar refractivity (Wildman–Crippen MR) is 84.6 cm³/mol. The van der Waals surface area contributed by atoms with E-state index in [1.54, 1.807) is 0 Å². The van der Waals surface area contributed by atoms with E-state index in [9.17, 15) is 18.4 Å². The molecule has 2 aliphatic rings. The molecule has 3 rings (SSSR count). The molecule has 2 fully saturated rings. The van der Waals surface area contributed by atoms with Crippen molar-refractivity contribution in [3.05, 3.63) is 35.4 Å². The summed E-state index contributed by atoms with van der Waals surface area (Å²) >= 11 is 0. The van der Waals surface area contributed by atoms with Crippen molar-refractivity contribution in [2.45, 2.75) is 32.2 Å². The normalized spacial score (nSPS) is 21.1. The molecule has 0 aromatic heterocycles. The second kappa shape index (κ2) is 7.07. The van der Waals surface area contributed by atoms with E-state index in [2.05, 4.69) is 0 Å². The van der Waals surface area contributed by atoms with Crippen molar-refractivity contribution in [1.82, 2.24) is 4.90 Å². The van der Waals surface area contributed by atoms with Gasteiger partial charge in [-0.15, -0.1) is 0 Å². The Hall–Kier alpha value is -2.02. The van der Waals surface area contributed by atoms with Crippen LogP contribution in [-0.2, 0) is 20.9 Å². The SMILES string of the molecule is O=C(O)CCN(Cc1ccc(F)c(F)c1)C(=O)C1CC12CCOCC2. The van der Waals surface area contributed by atoms with Crippen LogP contribution in [-0.4, -0.2) is 41.6 Å². The smallest absolute Gasteiger partial charge is 0.305 e. The summed E-state index contributed by atoms with van der Waals surface area (Å²) in [6, 6.07) is 3.48. The van der Waals surface area contributed by atoms with Gasteiger partial charge in [0.05, 0.1) is 6.42 Å². The van der Waals surface area contributed by atoms with Crippen molar-refractivity contribution < 1.29 is 28.2 Å². The van der Waals surface area contributed by atoms with Gasteiger partial charge in [0.25, 0.3) is 0 Å². The molecule has 1 aliphatic heterocycles. The zero-order chi connectivity index (χ0) is 18.0. The molecule has 0 radical (unpaired) electrons. The van der Waals surface area contributed by atoms with E-state index < -0.39 is 17.6 Å². The molecular formula is C18H21F2NO4. The van der Waals surface area contributed by atoms with E-state index >= 15 is 0 Å². The fourth-order valence-electron chi connectivity index (χ4n) is 3.60. The molecule has 1 unspecified atom stereocenters. The van der Waals surface area contributed by atoms with E-state index in [0.717, 1.165) is 31.4 Å². The van der Waals surface area contributed by atoms with E-state index in [0.29, 0.717) is 18.8 Å². The van der Waals surface area contributed by atoms with E-state index in [4.69, 9.17) is 9.84 Å². The number of carboxylic acid groups (broad SMARTS) is 1. The van der Waals surface area contributed by atoms with Gasteiger partial charge < -0.3 is 14.7 Å². The van der Waals surface area contributed by atoms with Gasteiger partial charge in [0.15, 0.2) is 11.6 Å². The summed E-state index contributed by atoms with van der Waals surface area (Å²) in [5.41, 5.74) is 0.421.